The number of fused-ring (bicyclic) bond motifs is 1. The highest BCUT2D eigenvalue weighted by Crippen LogP contribution is 2.17. The molecule has 7 heteroatoms. The standard InChI is InChI=1S/C25H32N4O3/c1-19(2)32-21-9-7-20(8-10-21)25(30)26-12-11-24-27-22-5-3-4-6-23(22)29(24)14-13-28-15-17-31-18-16-28/h3-10,19H,11-18H2,1-2H3,(H,26,30). The lowest BCUT2D eigenvalue weighted by atomic mass is 10.2. The van der Waals surface area contributed by atoms with Crippen LogP contribution in [0.25, 0.3) is 11.0 Å². The Labute approximate surface area is 189 Å². The topological polar surface area (TPSA) is 68.6 Å². The van der Waals surface area contributed by atoms with Crippen molar-refractivity contribution in [2.24, 2.45) is 0 Å². The van der Waals surface area contributed by atoms with Gasteiger partial charge in [-0.25, -0.2) is 4.98 Å². The largest absolute Gasteiger partial charge is 0.491 e. The van der Waals surface area contributed by atoms with Gasteiger partial charge in [0.15, 0.2) is 0 Å². The number of aromatic nitrogens is 2. The van der Waals surface area contributed by atoms with Crippen LogP contribution in [0, 0.1) is 0 Å². The van der Waals surface area contributed by atoms with Gasteiger partial charge in [-0.15, -0.1) is 0 Å². The zero-order chi connectivity index (χ0) is 22.3. The fraction of sp³-hybridized carbons (Fsp3) is 0.440. The van der Waals surface area contributed by atoms with Crippen LogP contribution < -0.4 is 10.1 Å². The molecule has 1 amide bonds. The van der Waals surface area contributed by atoms with E-state index in [0.29, 0.717) is 18.5 Å². The lowest BCUT2D eigenvalue weighted by molar-refractivity contribution is 0.0364. The Morgan fingerprint density at radius 3 is 2.59 bits per heavy atom. The predicted molar refractivity (Wildman–Crippen MR) is 125 cm³/mol. The smallest absolute Gasteiger partial charge is 0.251 e. The molecule has 2 heterocycles. The fourth-order valence-electron chi connectivity index (χ4n) is 3.98. The third-order valence-electron chi connectivity index (χ3n) is 5.60. The van der Waals surface area contributed by atoms with Crippen LogP contribution in [0.5, 0.6) is 5.75 Å². The van der Waals surface area contributed by atoms with E-state index >= 15 is 0 Å². The third kappa shape index (κ3) is 5.66. The highest BCUT2D eigenvalue weighted by molar-refractivity contribution is 5.94. The van der Waals surface area contributed by atoms with Crippen molar-refractivity contribution < 1.29 is 14.3 Å². The summed E-state index contributed by atoms with van der Waals surface area (Å²) in [6, 6.07) is 15.5. The van der Waals surface area contributed by atoms with Crippen molar-refractivity contribution in [3.8, 4) is 5.75 Å². The summed E-state index contributed by atoms with van der Waals surface area (Å²) in [5.74, 6) is 1.68. The number of hydrogen-bond donors (Lipinski definition) is 1. The number of morpholine rings is 1. The average molecular weight is 437 g/mol. The number of benzene rings is 2. The van der Waals surface area contributed by atoms with Crippen molar-refractivity contribution in [1.29, 1.82) is 0 Å². The van der Waals surface area contributed by atoms with Gasteiger partial charge in [-0.3, -0.25) is 9.69 Å². The Morgan fingerprint density at radius 1 is 1.09 bits per heavy atom. The van der Waals surface area contributed by atoms with Gasteiger partial charge in [0.25, 0.3) is 5.91 Å². The molecule has 0 atom stereocenters. The average Bonchev–Trinajstić information content (AvgIpc) is 3.15. The zero-order valence-corrected chi connectivity index (χ0v) is 18.9. The van der Waals surface area contributed by atoms with Gasteiger partial charge in [0.1, 0.15) is 11.6 Å². The molecule has 0 radical (unpaired) electrons. The van der Waals surface area contributed by atoms with Crippen LogP contribution in [0.2, 0.25) is 0 Å². The van der Waals surface area contributed by atoms with Crippen LogP contribution in [0.15, 0.2) is 48.5 Å². The van der Waals surface area contributed by atoms with E-state index in [9.17, 15) is 4.79 Å². The molecule has 1 aliphatic rings. The van der Waals surface area contributed by atoms with Gasteiger partial charge in [-0.05, 0) is 50.2 Å². The summed E-state index contributed by atoms with van der Waals surface area (Å²) < 4.78 is 13.4. The number of amides is 1. The molecule has 1 N–H and O–H groups in total. The molecule has 1 aromatic heterocycles. The van der Waals surface area contributed by atoms with Gasteiger partial charge < -0.3 is 19.4 Å². The minimum atomic E-state index is -0.0860. The Kier molecular flexibility index (Phi) is 7.39. The molecular weight excluding hydrogens is 404 g/mol. The number of ether oxygens (including phenoxy) is 2. The van der Waals surface area contributed by atoms with E-state index in [1.807, 2.05) is 44.2 Å². The van der Waals surface area contributed by atoms with Gasteiger partial charge in [0, 0.05) is 44.7 Å². The molecule has 0 unspecified atom stereocenters. The monoisotopic (exact) mass is 436 g/mol. The van der Waals surface area contributed by atoms with Crippen molar-refractivity contribution >= 4 is 16.9 Å². The van der Waals surface area contributed by atoms with Crippen LogP contribution >= 0.6 is 0 Å². The van der Waals surface area contributed by atoms with E-state index in [1.165, 1.54) is 0 Å². The van der Waals surface area contributed by atoms with E-state index in [1.54, 1.807) is 12.1 Å². The highest BCUT2D eigenvalue weighted by atomic mass is 16.5. The summed E-state index contributed by atoms with van der Waals surface area (Å²) in [4.78, 5) is 19.8. The molecule has 1 aliphatic heterocycles. The molecule has 4 rings (SSSR count). The van der Waals surface area contributed by atoms with E-state index in [2.05, 4.69) is 20.9 Å². The van der Waals surface area contributed by atoms with Gasteiger partial charge in [-0.2, -0.15) is 0 Å². The van der Waals surface area contributed by atoms with Crippen LogP contribution in [0.1, 0.15) is 30.0 Å². The van der Waals surface area contributed by atoms with E-state index in [-0.39, 0.29) is 12.0 Å². The van der Waals surface area contributed by atoms with Crippen LogP contribution in [0.4, 0.5) is 0 Å². The number of nitrogens with one attached hydrogen (secondary N) is 1. The summed E-state index contributed by atoms with van der Waals surface area (Å²) in [6.45, 7) is 9.88. The van der Waals surface area contributed by atoms with Crippen LogP contribution in [0.3, 0.4) is 0 Å². The maximum absolute atomic E-state index is 12.6. The fourth-order valence-corrected chi connectivity index (χ4v) is 3.98. The number of para-hydroxylation sites is 2. The summed E-state index contributed by atoms with van der Waals surface area (Å²) in [6.07, 6.45) is 0.787. The Hall–Kier alpha value is -2.90. The Bertz CT molecular complexity index is 1020. The van der Waals surface area contributed by atoms with Gasteiger partial charge in [0.2, 0.25) is 0 Å². The summed E-state index contributed by atoms with van der Waals surface area (Å²) in [7, 11) is 0. The molecule has 0 spiro atoms. The molecule has 3 aromatic rings. The molecule has 2 aromatic carbocycles. The molecule has 1 saturated heterocycles. The number of nitrogens with zero attached hydrogens (tertiary/aromatic N) is 3. The maximum atomic E-state index is 12.6. The number of carbonyl (C=O) groups excluding carboxylic acids is 1. The first-order valence-electron chi connectivity index (χ1n) is 11.4. The summed E-state index contributed by atoms with van der Waals surface area (Å²) >= 11 is 0. The molecule has 7 nitrogen and oxygen atoms in total. The van der Waals surface area contributed by atoms with Crippen molar-refractivity contribution in [1.82, 2.24) is 19.8 Å². The molecule has 0 saturated carbocycles. The molecule has 170 valence electrons. The van der Waals surface area contributed by atoms with Gasteiger partial charge in [0.05, 0.1) is 30.4 Å². The normalized spacial score (nSPS) is 14.7. The van der Waals surface area contributed by atoms with Crippen LogP contribution in [-0.4, -0.2) is 65.9 Å². The van der Waals surface area contributed by atoms with Crippen molar-refractivity contribution in [2.75, 3.05) is 39.4 Å². The number of hydrogen-bond acceptors (Lipinski definition) is 5. The summed E-state index contributed by atoms with van der Waals surface area (Å²) in [5, 5.41) is 3.02. The minimum absolute atomic E-state index is 0.0860. The lowest BCUT2D eigenvalue weighted by Crippen LogP contribution is -2.38. The van der Waals surface area contributed by atoms with E-state index < -0.39 is 0 Å². The lowest BCUT2D eigenvalue weighted by Gasteiger charge is -2.27. The first-order valence-corrected chi connectivity index (χ1v) is 11.4. The van der Waals surface area contributed by atoms with Crippen molar-refractivity contribution in [3.63, 3.8) is 0 Å². The quantitative estimate of drug-likeness (QED) is 0.558. The Morgan fingerprint density at radius 2 is 1.84 bits per heavy atom. The molecule has 32 heavy (non-hydrogen) atoms. The van der Waals surface area contributed by atoms with Crippen LogP contribution in [-0.2, 0) is 17.7 Å². The van der Waals surface area contributed by atoms with E-state index in [0.717, 1.165) is 62.0 Å². The zero-order valence-electron chi connectivity index (χ0n) is 18.9. The second-order valence-corrected chi connectivity index (χ2v) is 8.32. The molecule has 0 bridgehead atoms. The highest BCUT2D eigenvalue weighted by Gasteiger charge is 2.15. The SMILES string of the molecule is CC(C)Oc1ccc(C(=O)NCCc2nc3ccccc3n2CCN2CCOCC2)cc1. The number of rotatable bonds is 9. The second-order valence-electron chi connectivity index (χ2n) is 8.32. The van der Waals surface area contributed by atoms with Gasteiger partial charge >= 0.3 is 0 Å². The number of carbonyl (C=O) groups is 1. The third-order valence-corrected chi connectivity index (χ3v) is 5.60. The van der Waals surface area contributed by atoms with Crippen molar-refractivity contribution in [2.45, 2.75) is 32.9 Å². The maximum Gasteiger partial charge on any atom is 0.251 e. The minimum Gasteiger partial charge on any atom is -0.491 e. The predicted octanol–water partition coefficient (Wildman–Crippen LogP) is 3.13. The summed E-state index contributed by atoms with van der Waals surface area (Å²) in [5.41, 5.74) is 2.77. The van der Waals surface area contributed by atoms with E-state index in [4.69, 9.17) is 14.5 Å². The first-order chi connectivity index (χ1) is 15.6. The Balaban J connectivity index is 1.37. The van der Waals surface area contributed by atoms with Gasteiger partial charge in [-0.1, -0.05) is 12.1 Å². The number of imidazole rings is 1. The van der Waals surface area contributed by atoms with Crippen molar-refractivity contribution in [3.05, 3.63) is 59.9 Å². The molecule has 1 fully saturated rings. The molecule has 0 aliphatic carbocycles. The molecular formula is C25H32N4O3. The first kappa shape index (κ1) is 22.3. The second kappa shape index (κ2) is 10.6.